The Bertz CT molecular complexity index is 524. The molecule has 0 atom stereocenters. The Morgan fingerprint density at radius 1 is 1.15 bits per heavy atom. The second-order valence-electron chi connectivity index (χ2n) is 5.63. The molecule has 20 heavy (non-hydrogen) atoms. The predicted octanol–water partition coefficient (Wildman–Crippen LogP) is 3.76. The van der Waals surface area contributed by atoms with Gasteiger partial charge in [-0.2, -0.15) is 0 Å². The quantitative estimate of drug-likeness (QED) is 0.768. The normalized spacial score (nSPS) is 20.2. The highest BCUT2D eigenvalue weighted by Crippen LogP contribution is 2.37. The maximum atomic E-state index is 5.78. The molecule has 108 valence electrons. The maximum Gasteiger partial charge on any atom is 0.223 e. The third-order valence-corrected chi connectivity index (χ3v) is 4.26. The van der Waals surface area contributed by atoms with E-state index in [1.54, 1.807) is 0 Å². The van der Waals surface area contributed by atoms with Crippen molar-refractivity contribution in [2.24, 2.45) is 0 Å². The van der Waals surface area contributed by atoms with Crippen LogP contribution >= 0.6 is 15.9 Å². The van der Waals surface area contributed by atoms with E-state index in [1.165, 1.54) is 0 Å². The number of rotatable bonds is 2. The summed E-state index contributed by atoms with van der Waals surface area (Å²) < 4.78 is 18.0. The second kappa shape index (κ2) is 5.77. The maximum absolute atomic E-state index is 5.78. The summed E-state index contributed by atoms with van der Waals surface area (Å²) in [6.07, 6.45) is -0.497. The molecule has 0 aliphatic carbocycles. The summed E-state index contributed by atoms with van der Waals surface area (Å²) >= 11 is 3.42. The third kappa shape index (κ3) is 3.35. The van der Waals surface area contributed by atoms with Crippen molar-refractivity contribution in [3.8, 4) is 17.6 Å². The van der Waals surface area contributed by atoms with Crippen LogP contribution in [-0.4, -0.2) is 24.1 Å². The largest absolute Gasteiger partial charge is 0.480 e. The molecule has 1 aliphatic rings. The molecule has 0 aromatic heterocycles. The number of ether oxygens (including phenoxy) is 3. The summed E-state index contributed by atoms with van der Waals surface area (Å²) in [5.41, 5.74) is -0.703. The van der Waals surface area contributed by atoms with Crippen molar-refractivity contribution in [3.05, 3.63) is 28.7 Å². The average Bonchev–Trinajstić information content (AvgIpc) is 2.55. The van der Waals surface area contributed by atoms with Gasteiger partial charge < -0.3 is 14.2 Å². The van der Waals surface area contributed by atoms with Crippen molar-refractivity contribution in [1.29, 1.82) is 0 Å². The monoisotopic (exact) mass is 338 g/mol. The van der Waals surface area contributed by atoms with Crippen LogP contribution in [0.2, 0.25) is 0 Å². The van der Waals surface area contributed by atoms with Crippen LogP contribution in [0.4, 0.5) is 0 Å². The van der Waals surface area contributed by atoms with Gasteiger partial charge in [0.1, 0.15) is 12.4 Å². The molecule has 0 saturated carbocycles. The number of benzene rings is 1. The first-order valence-electron chi connectivity index (χ1n) is 6.53. The molecule has 0 spiro atoms. The Hall–Kier alpha value is -1.02. The van der Waals surface area contributed by atoms with Crippen molar-refractivity contribution in [2.45, 2.75) is 45.2 Å². The summed E-state index contributed by atoms with van der Waals surface area (Å²) in [6, 6.07) is 7.67. The van der Waals surface area contributed by atoms with Crippen molar-refractivity contribution < 1.29 is 14.2 Å². The molecule has 1 aromatic rings. The Morgan fingerprint density at radius 3 is 2.35 bits per heavy atom. The van der Waals surface area contributed by atoms with Gasteiger partial charge in [-0.1, -0.05) is 18.1 Å². The van der Waals surface area contributed by atoms with Crippen LogP contribution in [0.3, 0.4) is 0 Å². The van der Waals surface area contributed by atoms with Gasteiger partial charge in [0, 0.05) is 0 Å². The lowest BCUT2D eigenvalue weighted by Crippen LogP contribution is -2.41. The predicted molar refractivity (Wildman–Crippen MR) is 81.5 cm³/mol. The molecule has 1 saturated heterocycles. The fourth-order valence-electron chi connectivity index (χ4n) is 1.70. The smallest absolute Gasteiger partial charge is 0.223 e. The molecule has 1 fully saturated rings. The van der Waals surface area contributed by atoms with Crippen molar-refractivity contribution in [3.63, 3.8) is 0 Å². The van der Waals surface area contributed by atoms with Crippen molar-refractivity contribution in [1.82, 2.24) is 0 Å². The molecule has 1 heterocycles. The summed E-state index contributed by atoms with van der Waals surface area (Å²) in [5, 5.41) is 0. The molecule has 0 bridgehead atoms. The van der Waals surface area contributed by atoms with Gasteiger partial charge in [0.25, 0.3) is 0 Å². The Kier molecular flexibility index (Phi) is 4.43. The third-order valence-electron chi connectivity index (χ3n) is 3.61. The van der Waals surface area contributed by atoms with Crippen LogP contribution in [0.1, 0.15) is 27.7 Å². The van der Waals surface area contributed by atoms with Crippen molar-refractivity contribution in [2.75, 3.05) is 6.61 Å². The minimum atomic E-state index is -0.497. The zero-order valence-corrected chi connectivity index (χ0v) is 13.8. The van der Waals surface area contributed by atoms with E-state index in [0.29, 0.717) is 6.61 Å². The lowest BCUT2D eigenvalue weighted by Gasteiger charge is -2.30. The van der Waals surface area contributed by atoms with E-state index in [2.05, 4.69) is 27.8 Å². The summed E-state index contributed by atoms with van der Waals surface area (Å²) in [5.74, 6) is 6.66. The van der Waals surface area contributed by atoms with Crippen LogP contribution in [0.25, 0.3) is 0 Å². The van der Waals surface area contributed by atoms with E-state index in [4.69, 9.17) is 14.2 Å². The van der Waals surface area contributed by atoms with E-state index in [0.717, 1.165) is 10.2 Å². The fraction of sp³-hybridized carbons (Fsp3) is 0.500. The minimum absolute atomic E-state index is 0.298. The first-order chi connectivity index (χ1) is 9.32. The molecular weight excluding hydrogens is 320 g/mol. The molecule has 2 rings (SSSR count). The van der Waals surface area contributed by atoms with Gasteiger partial charge in [0.15, 0.2) is 0 Å². The number of hydrogen-bond donors (Lipinski definition) is 0. The Balaban J connectivity index is 1.89. The number of halogens is 1. The standard InChI is InChI=1S/C16H19BrO3/c1-15(2)16(3,4)20-14(19-15)10-7-11-18-13-9-6-5-8-12(13)17/h5-6,8-9,14H,11H2,1-4H3. The zero-order valence-electron chi connectivity index (χ0n) is 12.2. The average molecular weight is 339 g/mol. The van der Waals surface area contributed by atoms with Gasteiger partial charge in [-0.05, 0) is 61.7 Å². The molecule has 4 heteroatoms. The highest BCUT2D eigenvalue weighted by molar-refractivity contribution is 9.10. The first-order valence-corrected chi connectivity index (χ1v) is 7.32. The van der Waals surface area contributed by atoms with E-state index in [-0.39, 0.29) is 11.2 Å². The Labute approximate surface area is 128 Å². The summed E-state index contributed by atoms with van der Waals surface area (Å²) in [4.78, 5) is 0. The molecule has 0 N–H and O–H groups in total. The topological polar surface area (TPSA) is 27.7 Å². The molecule has 0 radical (unpaired) electrons. The zero-order chi connectivity index (χ0) is 14.8. The van der Waals surface area contributed by atoms with Gasteiger partial charge in [0.05, 0.1) is 15.7 Å². The lowest BCUT2D eigenvalue weighted by atomic mass is 9.90. The van der Waals surface area contributed by atoms with Crippen LogP contribution in [0.5, 0.6) is 5.75 Å². The SMILES string of the molecule is CC1(C)OC(C#CCOc2ccccc2Br)OC1(C)C. The van der Waals surface area contributed by atoms with Crippen LogP contribution in [0, 0.1) is 11.8 Å². The minimum Gasteiger partial charge on any atom is -0.480 e. The lowest BCUT2D eigenvalue weighted by molar-refractivity contribution is -0.0435. The van der Waals surface area contributed by atoms with Crippen LogP contribution in [-0.2, 0) is 9.47 Å². The van der Waals surface area contributed by atoms with Gasteiger partial charge in [0.2, 0.25) is 6.29 Å². The first kappa shape index (κ1) is 15.4. The molecule has 3 nitrogen and oxygen atoms in total. The highest BCUT2D eigenvalue weighted by atomic mass is 79.9. The molecular formula is C16H19BrO3. The van der Waals surface area contributed by atoms with Gasteiger partial charge in [-0.15, -0.1) is 0 Å². The second-order valence-corrected chi connectivity index (χ2v) is 6.48. The molecule has 0 amide bonds. The van der Waals surface area contributed by atoms with Gasteiger partial charge in [-0.25, -0.2) is 0 Å². The summed E-state index contributed by atoms with van der Waals surface area (Å²) in [6.45, 7) is 8.32. The highest BCUT2D eigenvalue weighted by Gasteiger charge is 2.48. The number of hydrogen-bond acceptors (Lipinski definition) is 3. The van der Waals surface area contributed by atoms with Crippen molar-refractivity contribution >= 4 is 15.9 Å². The Morgan fingerprint density at radius 2 is 1.75 bits per heavy atom. The van der Waals surface area contributed by atoms with Gasteiger partial charge >= 0.3 is 0 Å². The molecule has 0 unspecified atom stereocenters. The van der Waals surface area contributed by atoms with Gasteiger partial charge in [-0.3, -0.25) is 0 Å². The fourth-order valence-corrected chi connectivity index (χ4v) is 2.10. The van der Waals surface area contributed by atoms with E-state index < -0.39 is 6.29 Å². The van der Waals surface area contributed by atoms with Crippen LogP contribution < -0.4 is 4.74 Å². The van der Waals surface area contributed by atoms with E-state index in [1.807, 2.05) is 52.0 Å². The van der Waals surface area contributed by atoms with Crippen LogP contribution in [0.15, 0.2) is 28.7 Å². The summed E-state index contributed by atoms with van der Waals surface area (Å²) in [7, 11) is 0. The molecule has 1 aromatic carbocycles. The number of para-hydroxylation sites is 1. The molecule has 1 aliphatic heterocycles. The van der Waals surface area contributed by atoms with E-state index in [9.17, 15) is 0 Å². The van der Waals surface area contributed by atoms with E-state index >= 15 is 0 Å².